The summed E-state index contributed by atoms with van der Waals surface area (Å²) in [6, 6.07) is 13.6. The third kappa shape index (κ3) is 4.78. The molecule has 5 rings (SSSR count). The molecule has 0 saturated heterocycles. The number of aromatic nitrogens is 3. The van der Waals surface area contributed by atoms with Crippen LogP contribution in [-0.2, 0) is 30.2 Å². The fourth-order valence-corrected chi connectivity index (χ4v) is 5.16. The Balaban J connectivity index is 1.37. The molecule has 36 heavy (non-hydrogen) atoms. The van der Waals surface area contributed by atoms with Gasteiger partial charge in [0.15, 0.2) is 5.13 Å². The van der Waals surface area contributed by atoms with Crippen LogP contribution >= 0.6 is 11.3 Å². The summed E-state index contributed by atoms with van der Waals surface area (Å²) in [5, 5.41) is 5.73. The minimum Gasteiger partial charge on any atom is -0.302 e. The summed E-state index contributed by atoms with van der Waals surface area (Å²) in [5.41, 5.74) is 3.63. The van der Waals surface area contributed by atoms with Gasteiger partial charge in [-0.25, -0.2) is 9.78 Å². The number of carbonyl (C=O) groups excluding carboxylic acids is 1. The lowest BCUT2D eigenvalue weighted by atomic mass is 9.86. The predicted molar refractivity (Wildman–Crippen MR) is 145 cm³/mol. The Hall–Kier alpha value is -3.52. The van der Waals surface area contributed by atoms with Crippen molar-refractivity contribution in [3.63, 3.8) is 0 Å². The van der Waals surface area contributed by atoms with Crippen LogP contribution in [0.25, 0.3) is 22.2 Å². The Labute approximate surface area is 213 Å². The van der Waals surface area contributed by atoms with Crippen molar-refractivity contribution in [2.75, 3.05) is 5.32 Å². The number of amides is 1. The number of thiazole rings is 1. The van der Waals surface area contributed by atoms with Crippen molar-refractivity contribution in [3.8, 4) is 11.3 Å². The molecule has 2 aromatic heterocycles. The van der Waals surface area contributed by atoms with Gasteiger partial charge in [-0.1, -0.05) is 57.2 Å². The van der Waals surface area contributed by atoms with E-state index in [1.165, 1.54) is 26.0 Å². The molecule has 1 aliphatic rings. The number of hydrogen-bond acceptors (Lipinski definition) is 5. The second-order valence-electron chi connectivity index (χ2n) is 10.6. The van der Waals surface area contributed by atoms with Gasteiger partial charge < -0.3 is 5.32 Å². The number of hydrogen-bond donors (Lipinski definition) is 1. The quantitative estimate of drug-likeness (QED) is 0.414. The summed E-state index contributed by atoms with van der Waals surface area (Å²) in [4.78, 5) is 43.6. The van der Waals surface area contributed by atoms with Crippen molar-refractivity contribution in [2.45, 2.75) is 52.0 Å². The standard InChI is InChI=1S/C28H30N4O3S/c1-28(2,3)20-12-10-18(11-13-20)21-16-36-26(29-21)30-23(33)14-19-6-5-7-22-24(19)25(34)32(15-17-8-9-17)27(35)31(22)4/h5-7,10-13,16-17H,8-9,14-15H2,1-4H3,(H,29,30,33). The van der Waals surface area contributed by atoms with Gasteiger partial charge in [0.1, 0.15) is 0 Å². The fraction of sp³-hybridized carbons (Fsp3) is 0.357. The SMILES string of the molecule is Cn1c(=O)n(CC2CC2)c(=O)c2c(CC(=O)Nc3nc(-c4ccc(C(C)(C)C)cc4)cs3)cccc21. The molecule has 1 saturated carbocycles. The van der Waals surface area contributed by atoms with Crippen LogP contribution in [0.2, 0.25) is 0 Å². The zero-order chi connectivity index (χ0) is 25.6. The molecule has 0 atom stereocenters. The molecule has 0 radical (unpaired) electrons. The second-order valence-corrected chi connectivity index (χ2v) is 11.5. The van der Waals surface area contributed by atoms with E-state index in [-0.39, 0.29) is 29.0 Å². The molecular formula is C28H30N4O3S. The molecule has 1 fully saturated rings. The van der Waals surface area contributed by atoms with Gasteiger partial charge in [-0.3, -0.25) is 18.7 Å². The van der Waals surface area contributed by atoms with Gasteiger partial charge in [-0.05, 0) is 41.4 Å². The van der Waals surface area contributed by atoms with Crippen LogP contribution in [0.5, 0.6) is 0 Å². The van der Waals surface area contributed by atoms with Gasteiger partial charge >= 0.3 is 5.69 Å². The van der Waals surface area contributed by atoms with E-state index < -0.39 is 0 Å². The van der Waals surface area contributed by atoms with E-state index in [1.807, 2.05) is 17.5 Å². The predicted octanol–water partition coefficient (Wildman–Crippen LogP) is 4.71. The smallest absolute Gasteiger partial charge is 0.302 e. The highest BCUT2D eigenvalue weighted by Gasteiger charge is 2.25. The minimum absolute atomic E-state index is 0.0173. The number of anilines is 1. The maximum Gasteiger partial charge on any atom is 0.331 e. The van der Waals surface area contributed by atoms with E-state index >= 15 is 0 Å². The van der Waals surface area contributed by atoms with Gasteiger partial charge in [0.25, 0.3) is 5.56 Å². The molecular weight excluding hydrogens is 472 g/mol. The van der Waals surface area contributed by atoms with Gasteiger partial charge in [0.05, 0.1) is 23.0 Å². The Morgan fingerprint density at radius 1 is 1.11 bits per heavy atom. The zero-order valence-electron chi connectivity index (χ0n) is 21.0. The summed E-state index contributed by atoms with van der Waals surface area (Å²) in [7, 11) is 1.67. The fourth-order valence-electron chi connectivity index (χ4n) is 4.43. The molecule has 1 amide bonds. The van der Waals surface area contributed by atoms with Crippen LogP contribution in [0, 0.1) is 5.92 Å². The molecule has 4 aromatic rings. The van der Waals surface area contributed by atoms with Crippen LogP contribution in [0.4, 0.5) is 5.13 Å². The molecule has 1 aliphatic carbocycles. The lowest BCUT2D eigenvalue weighted by Crippen LogP contribution is -2.40. The van der Waals surface area contributed by atoms with Crippen molar-refractivity contribution in [1.29, 1.82) is 0 Å². The first-order valence-electron chi connectivity index (χ1n) is 12.2. The third-order valence-corrected chi connectivity index (χ3v) is 7.51. The molecule has 186 valence electrons. The average molecular weight is 503 g/mol. The molecule has 0 unspecified atom stereocenters. The van der Waals surface area contributed by atoms with Crippen molar-refractivity contribution in [2.24, 2.45) is 13.0 Å². The molecule has 0 bridgehead atoms. The molecule has 0 aliphatic heterocycles. The number of benzene rings is 2. The van der Waals surface area contributed by atoms with Gasteiger partial charge in [-0.15, -0.1) is 11.3 Å². The van der Waals surface area contributed by atoms with Gasteiger partial charge in [0.2, 0.25) is 5.91 Å². The van der Waals surface area contributed by atoms with Gasteiger partial charge in [0, 0.05) is 24.5 Å². The largest absolute Gasteiger partial charge is 0.331 e. The van der Waals surface area contributed by atoms with E-state index in [0.717, 1.165) is 24.1 Å². The normalized spacial score (nSPS) is 13.8. The Bertz CT molecular complexity index is 1570. The van der Waals surface area contributed by atoms with Crippen LogP contribution in [0.15, 0.2) is 57.4 Å². The Morgan fingerprint density at radius 2 is 1.83 bits per heavy atom. The van der Waals surface area contributed by atoms with Crippen LogP contribution in [0.1, 0.15) is 44.7 Å². The van der Waals surface area contributed by atoms with Gasteiger partial charge in [-0.2, -0.15) is 0 Å². The topological polar surface area (TPSA) is 86.0 Å². The monoisotopic (exact) mass is 502 g/mol. The first kappa shape index (κ1) is 24.2. The highest BCUT2D eigenvalue weighted by molar-refractivity contribution is 7.14. The summed E-state index contributed by atoms with van der Waals surface area (Å²) < 4.78 is 2.82. The lowest BCUT2D eigenvalue weighted by molar-refractivity contribution is -0.115. The highest BCUT2D eigenvalue weighted by Crippen LogP contribution is 2.30. The van der Waals surface area contributed by atoms with Crippen molar-refractivity contribution < 1.29 is 4.79 Å². The zero-order valence-corrected chi connectivity index (χ0v) is 21.8. The minimum atomic E-state index is -0.321. The van der Waals surface area contributed by atoms with E-state index in [9.17, 15) is 14.4 Å². The van der Waals surface area contributed by atoms with E-state index in [0.29, 0.717) is 34.1 Å². The van der Waals surface area contributed by atoms with Crippen LogP contribution < -0.4 is 16.6 Å². The summed E-state index contributed by atoms with van der Waals surface area (Å²) in [6.45, 7) is 6.96. The first-order chi connectivity index (χ1) is 17.1. The molecule has 8 heteroatoms. The molecule has 2 aromatic carbocycles. The summed E-state index contributed by atoms with van der Waals surface area (Å²) in [5.74, 6) is 0.126. The van der Waals surface area contributed by atoms with E-state index in [1.54, 1.807) is 25.2 Å². The van der Waals surface area contributed by atoms with E-state index in [4.69, 9.17) is 0 Å². The first-order valence-corrected chi connectivity index (χ1v) is 13.1. The maximum absolute atomic E-state index is 13.3. The second kappa shape index (κ2) is 9.17. The number of carbonyl (C=O) groups is 1. The summed E-state index contributed by atoms with van der Waals surface area (Å²) in [6.07, 6.45) is 2.09. The molecule has 1 N–H and O–H groups in total. The van der Waals surface area contributed by atoms with Crippen molar-refractivity contribution >= 4 is 33.3 Å². The number of fused-ring (bicyclic) bond motifs is 1. The number of aryl methyl sites for hydroxylation is 1. The number of rotatable bonds is 6. The third-order valence-electron chi connectivity index (χ3n) is 6.75. The van der Waals surface area contributed by atoms with Crippen molar-refractivity contribution in [1.82, 2.24) is 14.1 Å². The Kier molecular flexibility index (Phi) is 6.16. The average Bonchev–Trinajstić information content (AvgIpc) is 3.55. The number of nitrogens with one attached hydrogen (secondary N) is 1. The Morgan fingerprint density at radius 3 is 2.50 bits per heavy atom. The maximum atomic E-state index is 13.3. The van der Waals surface area contributed by atoms with Crippen LogP contribution in [0.3, 0.4) is 0 Å². The molecule has 0 spiro atoms. The number of nitrogens with zero attached hydrogens (tertiary/aromatic N) is 3. The van der Waals surface area contributed by atoms with E-state index in [2.05, 4.69) is 43.2 Å². The van der Waals surface area contributed by atoms with Crippen molar-refractivity contribution in [3.05, 3.63) is 79.8 Å². The van der Waals surface area contributed by atoms with Crippen LogP contribution in [-0.4, -0.2) is 20.0 Å². The summed E-state index contributed by atoms with van der Waals surface area (Å²) >= 11 is 1.37. The molecule has 7 nitrogen and oxygen atoms in total. The highest BCUT2D eigenvalue weighted by atomic mass is 32.1. The molecule has 2 heterocycles. The lowest BCUT2D eigenvalue weighted by Gasteiger charge is -2.18.